The van der Waals surface area contributed by atoms with Gasteiger partial charge in [-0.05, 0) is 52.3 Å². The number of nitrogens with one attached hydrogen (secondary N) is 3. The van der Waals surface area contributed by atoms with Crippen LogP contribution in [0.4, 0.5) is 0 Å². The standard InChI is InChI=1S/C20H30N4O3/c1-13(2)23-24-18(26)9-14-10-21-16-7-6-8-17(19(14)16)27-12-15(25)11-22-20(3,4)5/h6-8,10,15,21-22,25H,9,11-12H2,1-5H3,(H,24,26)/t15-/m0/s1. The van der Waals surface area contributed by atoms with Gasteiger partial charge in [0.1, 0.15) is 18.5 Å². The van der Waals surface area contributed by atoms with E-state index in [4.69, 9.17) is 4.74 Å². The minimum absolute atomic E-state index is 0.0680. The van der Waals surface area contributed by atoms with Gasteiger partial charge in [0.15, 0.2) is 0 Å². The van der Waals surface area contributed by atoms with E-state index >= 15 is 0 Å². The number of ether oxygens (including phenoxy) is 1. The number of carbonyl (C=O) groups excluding carboxylic acids is 1. The zero-order valence-electron chi connectivity index (χ0n) is 16.7. The molecular weight excluding hydrogens is 344 g/mol. The lowest BCUT2D eigenvalue weighted by molar-refractivity contribution is -0.120. The summed E-state index contributed by atoms with van der Waals surface area (Å²) in [7, 11) is 0. The molecule has 0 saturated heterocycles. The molecule has 1 aromatic carbocycles. The van der Waals surface area contributed by atoms with Crippen LogP contribution < -0.4 is 15.5 Å². The highest BCUT2D eigenvalue weighted by molar-refractivity contribution is 5.93. The number of hydrogen-bond acceptors (Lipinski definition) is 5. The first-order valence-corrected chi connectivity index (χ1v) is 9.10. The number of aliphatic hydroxyl groups excluding tert-OH is 1. The van der Waals surface area contributed by atoms with E-state index in [0.29, 0.717) is 12.3 Å². The molecule has 7 nitrogen and oxygen atoms in total. The second kappa shape index (κ2) is 9.01. The van der Waals surface area contributed by atoms with Gasteiger partial charge >= 0.3 is 0 Å². The molecule has 148 valence electrons. The van der Waals surface area contributed by atoms with Crippen LogP contribution in [0.2, 0.25) is 0 Å². The third-order valence-corrected chi connectivity index (χ3v) is 3.80. The fraction of sp³-hybridized carbons (Fsp3) is 0.500. The number of H-pyrrole nitrogens is 1. The van der Waals surface area contributed by atoms with E-state index in [-0.39, 0.29) is 24.5 Å². The van der Waals surface area contributed by atoms with Gasteiger partial charge in [-0.25, -0.2) is 5.43 Å². The molecule has 0 bridgehead atoms. The maximum Gasteiger partial charge on any atom is 0.244 e. The van der Waals surface area contributed by atoms with Crippen molar-refractivity contribution in [1.29, 1.82) is 0 Å². The molecule has 1 amide bonds. The SMILES string of the molecule is CC(C)=NNC(=O)Cc1c[nH]c2cccc(OC[C@@H](O)CNC(C)(C)C)c12. The molecule has 0 spiro atoms. The first-order valence-electron chi connectivity index (χ1n) is 9.10. The number of benzene rings is 1. The number of amides is 1. The number of carbonyl (C=O) groups is 1. The van der Waals surface area contributed by atoms with Gasteiger partial charge in [0.05, 0.1) is 6.42 Å². The number of β-amino-alcohol motifs (C(OH)–C–C–N with tert-alkyl or cyclic N) is 1. The van der Waals surface area contributed by atoms with Crippen LogP contribution in [0.5, 0.6) is 5.75 Å². The van der Waals surface area contributed by atoms with E-state index in [1.807, 2.05) is 52.8 Å². The Bertz CT molecular complexity index is 801. The molecule has 1 atom stereocenters. The van der Waals surface area contributed by atoms with Crippen molar-refractivity contribution in [3.63, 3.8) is 0 Å². The molecule has 0 aliphatic carbocycles. The summed E-state index contributed by atoms with van der Waals surface area (Å²) >= 11 is 0. The lowest BCUT2D eigenvalue weighted by Gasteiger charge is -2.23. The molecule has 0 radical (unpaired) electrons. The Morgan fingerprint density at radius 2 is 2.07 bits per heavy atom. The zero-order chi connectivity index (χ0) is 20.0. The van der Waals surface area contributed by atoms with Crippen LogP contribution in [0.3, 0.4) is 0 Å². The summed E-state index contributed by atoms with van der Waals surface area (Å²) in [5, 5.41) is 18.2. The predicted octanol–water partition coefficient (Wildman–Crippen LogP) is 2.35. The smallest absolute Gasteiger partial charge is 0.244 e. The lowest BCUT2D eigenvalue weighted by atomic mass is 10.1. The molecule has 1 heterocycles. The number of hydrogen-bond donors (Lipinski definition) is 4. The fourth-order valence-electron chi connectivity index (χ4n) is 2.53. The first kappa shape index (κ1) is 20.9. The molecule has 2 rings (SSSR count). The minimum atomic E-state index is -0.632. The number of rotatable bonds is 8. The minimum Gasteiger partial charge on any atom is -0.490 e. The van der Waals surface area contributed by atoms with Crippen molar-refractivity contribution >= 4 is 22.5 Å². The third-order valence-electron chi connectivity index (χ3n) is 3.80. The van der Waals surface area contributed by atoms with Crippen molar-refractivity contribution in [1.82, 2.24) is 15.7 Å². The van der Waals surface area contributed by atoms with Gasteiger partial charge in [0.2, 0.25) is 5.91 Å². The predicted molar refractivity (Wildman–Crippen MR) is 108 cm³/mol. The number of fused-ring (bicyclic) bond motifs is 1. The van der Waals surface area contributed by atoms with Gasteiger partial charge < -0.3 is 20.1 Å². The molecule has 0 unspecified atom stereocenters. The lowest BCUT2D eigenvalue weighted by Crippen LogP contribution is -2.42. The third kappa shape index (κ3) is 6.69. The Hall–Kier alpha value is -2.38. The highest BCUT2D eigenvalue weighted by Crippen LogP contribution is 2.29. The number of aliphatic hydroxyl groups is 1. The first-order chi connectivity index (χ1) is 12.7. The Morgan fingerprint density at radius 3 is 2.74 bits per heavy atom. The van der Waals surface area contributed by atoms with E-state index in [9.17, 15) is 9.90 Å². The van der Waals surface area contributed by atoms with Crippen molar-refractivity contribution in [3.05, 3.63) is 30.0 Å². The largest absolute Gasteiger partial charge is 0.490 e. The van der Waals surface area contributed by atoms with Crippen LogP contribution in [0, 0.1) is 0 Å². The maximum atomic E-state index is 12.1. The van der Waals surface area contributed by atoms with Gasteiger partial charge in [0.25, 0.3) is 0 Å². The molecule has 4 N–H and O–H groups in total. The van der Waals surface area contributed by atoms with Gasteiger partial charge in [-0.15, -0.1) is 0 Å². The van der Waals surface area contributed by atoms with Crippen molar-refractivity contribution in [2.24, 2.45) is 5.10 Å². The Balaban J connectivity index is 2.07. The number of nitrogens with zero attached hydrogens (tertiary/aromatic N) is 1. The number of hydrazone groups is 1. The maximum absolute atomic E-state index is 12.1. The quantitative estimate of drug-likeness (QED) is 0.421. The van der Waals surface area contributed by atoms with E-state index in [1.54, 1.807) is 6.20 Å². The summed E-state index contributed by atoms with van der Waals surface area (Å²) < 4.78 is 5.86. The summed E-state index contributed by atoms with van der Waals surface area (Å²) in [6.07, 6.45) is 1.36. The van der Waals surface area contributed by atoms with Crippen molar-refractivity contribution in [2.45, 2.75) is 52.7 Å². The summed E-state index contributed by atoms with van der Waals surface area (Å²) in [4.78, 5) is 15.3. The topological polar surface area (TPSA) is 98.7 Å². The summed E-state index contributed by atoms with van der Waals surface area (Å²) in [5.41, 5.74) is 4.95. The highest BCUT2D eigenvalue weighted by Gasteiger charge is 2.16. The van der Waals surface area contributed by atoms with Gasteiger partial charge in [0, 0.05) is 34.9 Å². The summed E-state index contributed by atoms with van der Waals surface area (Å²) in [5.74, 6) is 0.447. The van der Waals surface area contributed by atoms with Gasteiger partial charge in [-0.3, -0.25) is 4.79 Å². The Kier molecular flexibility index (Phi) is 6.98. The van der Waals surface area contributed by atoms with E-state index in [2.05, 4.69) is 20.8 Å². The number of aromatic nitrogens is 1. The molecule has 7 heteroatoms. The van der Waals surface area contributed by atoms with Crippen molar-refractivity contribution < 1.29 is 14.6 Å². The van der Waals surface area contributed by atoms with Crippen LogP contribution in [0.15, 0.2) is 29.5 Å². The fourth-order valence-corrected chi connectivity index (χ4v) is 2.53. The molecule has 27 heavy (non-hydrogen) atoms. The normalized spacial score (nSPS) is 12.7. The molecule has 0 saturated carbocycles. The van der Waals surface area contributed by atoms with Crippen LogP contribution >= 0.6 is 0 Å². The second-order valence-corrected chi connectivity index (χ2v) is 7.86. The molecule has 0 aliphatic heterocycles. The highest BCUT2D eigenvalue weighted by atomic mass is 16.5. The van der Waals surface area contributed by atoms with E-state index in [1.165, 1.54) is 0 Å². The van der Waals surface area contributed by atoms with Crippen LogP contribution in [0.25, 0.3) is 10.9 Å². The average molecular weight is 374 g/mol. The summed E-state index contributed by atoms with van der Waals surface area (Å²) in [6, 6.07) is 5.65. The number of aromatic amines is 1. The van der Waals surface area contributed by atoms with Crippen LogP contribution in [-0.4, -0.2) is 46.5 Å². The van der Waals surface area contributed by atoms with Gasteiger partial charge in [-0.1, -0.05) is 6.07 Å². The zero-order valence-corrected chi connectivity index (χ0v) is 16.7. The molecule has 0 fully saturated rings. The van der Waals surface area contributed by atoms with Crippen LogP contribution in [-0.2, 0) is 11.2 Å². The van der Waals surface area contributed by atoms with E-state index < -0.39 is 6.10 Å². The van der Waals surface area contributed by atoms with Crippen molar-refractivity contribution in [3.8, 4) is 5.75 Å². The second-order valence-electron chi connectivity index (χ2n) is 7.86. The monoisotopic (exact) mass is 374 g/mol. The van der Waals surface area contributed by atoms with Crippen molar-refractivity contribution in [2.75, 3.05) is 13.2 Å². The van der Waals surface area contributed by atoms with E-state index in [0.717, 1.165) is 22.2 Å². The molecular formula is C20H30N4O3. The average Bonchev–Trinajstić information content (AvgIpc) is 2.99. The summed E-state index contributed by atoms with van der Waals surface area (Å²) in [6.45, 7) is 10.4. The molecule has 2 aromatic rings. The molecule has 0 aliphatic rings. The van der Waals surface area contributed by atoms with Gasteiger partial charge in [-0.2, -0.15) is 5.10 Å². The molecule has 1 aromatic heterocycles. The van der Waals surface area contributed by atoms with Crippen LogP contribution in [0.1, 0.15) is 40.2 Å². The Labute approximate surface area is 160 Å². The Morgan fingerprint density at radius 1 is 1.33 bits per heavy atom.